The highest BCUT2D eigenvalue weighted by Crippen LogP contribution is 2.34. The van der Waals surface area contributed by atoms with Crippen LogP contribution < -0.4 is 10.0 Å². The summed E-state index contributed by atoms with van der Waals surface area (Å²) in [5, 5.41) is 2.81. The van der Waals surface area contributed by atoms with E-state index in [0.29, 0.717) is 44.0 Å². The van der Waals surface area contributed by atoms with E-state index in [-0.39, 0.29) is 28.9 Å². The maximum absolute atomic E-state index is 12.8. The number of fused-ring (bicyclic) bond motifs is 1. The second-order valence-electron chi connectivity index (χ2n) is 6.94. The molecule has 0 radical (unpaired) electrons. The number of carbonyl (C=O) groups excluding carboxylic acids is 2. The van der Waals surface area contributed by atoms with E-state index >= 15 is 0 Å². The maximum atomic E-state index is 12.8. The zero-order chi connectivity index (χ0) is 20.3. The van der Waals surface area contributed by atoms with Gasteiger partial charge in [0.2, 0.25) is 15.9 Å². The van der Waals surface area contributed by atoms with Gasteiger partial charge in [-0.25, -0.2) is 17.9 Å². The number of nitrogens with one attached hydrogen (secondary N) is 2. The lowest BCUT2D eigenvalue weighted by atomic mass is 10.1. The monoisotopic (exact) mass is 427 g/mol. The van der Waals surface area contributed by atoms with Gasteiger partial charge in [0, 0.05) is 35.7 Å². The molecule has 0 unspecified atom stereocenters. The van der Waals surface area contributed by atoms with Gasteiger partial charge in [0.1, 0.15) is 0 Å². The van der Waals surface area contributed by atoms with Crippen LogP contribution in [0.3, 0.4) is 0 Å². The third-order valence-electron chi connectivity index (χ3n) is 4.80. The van der Waals surface area contributed by atoms with Crippen molar-refractivity contribution in [3.63, 3.8) is 0 Å². The van der Waals surface area contributed by atoms with E-state index in [1.54, 1.807) is 24.0 Å². The smallest absolute Gasteiger partial charge is 0.409 e. The second kappa shape index (κ2) is 8.71. The number of likely N-dealkylation sites (tertiary alicyclic amines) is 1. The van der Waals surface area contributed by atoms with E-state index in [0.717, 1.165) is 4.90 Å². The molecule has 1 fully saturated rings. The van der Waals surface area contributed by atoms with E-state index in [4.69, 9.17) is 4.74 Å². The fourth-order valence-electron chi connectivity index (χ4n) is 3.13. The van der Waals surface area contributed by atoms with Crippen LogP contribution in [0.5, 0.6) is 0 Å². The number of ether oxygens (including phenoxy) is 1. The third kappa shape index (κ3) is 4.79. The van der Waals surface area contributed by atoms with Gasteiger partial charge < -0.3 is 15.0 Å². The number of amides is 2. The number of carbonyl (C=O) groups is 2. The summed E-state index contributed by atoms with van der Waals surface area (Å²) in [6, 6.07) is 4.55. The van der Waals surface area contributed by atoms with Crippen molar-refractivity contribution >= 4 is 39.5 Å². The topological polar surface area (TPSA) is 105 Å². The van der Waals surface area contributed by atoms with E-state index in [1.807, 2.05) is 6.92 Å². The Kier molecular flexibility index (Phi) is 6.51. The molecule has 2 aliphatic heterocycles. The number of thioether (sulfide) groups is 1. The van der Waals surface area contributed by atoms with Crippen molar-refractivity contribution in [1.82, 2.24) is 9.62 Å². The van der Waals surface area contributed by atoms with Crippen LogP contribution in [-0.4, -0.2) is 56.8 Å². The number of sulfonamides is 1. The lowest BCUT2D eigenvalue weighted by Crippen LogP contribution is -2.46. The van der Waals surface area contributed by atoms with Crippen LogP contribution >= 0.6 is 11.8 Å². The van der Waals surface area contributed by atoms with Crippen LogP contribution in [0.15, 0.2) is 28.0 Å². The first kappa shape index (κ1) is 20.9. The van der Waals surface area contributed by atoms with E-state index in [9.17, 15) is 18.0 Å². The van der Waals surface area contributed by atoms with Gasteiger partial charge in [0.15, 0.2) is 0 Å². The van der Waals surface area contributed by atoms with Crippen LogP contribution in [0, 0.1) is 5.92 Å². The lowest BCUT2D eigenvalue weighted by molar-refractivity contribution is -0.118. The number of rotatable bonds is 4. The highest BCUT2D eigenvalue weighted by Gasteiger charge is 2.28. The minimum absolute atomic E-state index is 0.111. The average Bonchev–Trinajstić information content (AvgIpc) is 2.80. The zero-order valence-corrected chi connectivity index (χ0v) is 17.6. The molecule has 2 amide bonds. The standard InChI is InChI=1S/C18H25N3O5S2/c1-3-26-18(23)21-8-6-13(7-9-21)20-28(24,25)14-4-5-16-15(10-14)19-17(22)12(2)11-27-16/h4-5,10,12-13,20H,3,6-9,11H2,1-2H3,(H,19,22)/t12-/m1/s1. The molecule has 1 aromatic rings. The van der Waals surface area contributed by atoms with Gasteiger partial charge >= 0.3 is 6.09 Å². The SMILES string of the molecule is CCOC(=O)N1CCC(NS(=O)(=O)c2ccc3c(c2)NC(=O)[C@H](C)CS3)CC1. The van der Waals surface area contributed by atoms with E-state index in [2.05, 4.69) is 10.0 Å². The highest BCUT2D eigenvalue weighted by molar-refractivity contribution is 7.99. The van der Waals surface area contributed by atoms with E-state index < -0.39 is 10.0 Å². The molecule has 0 aliphatic carbocycles. The Bertz CT molecular complexity index is 851. The molecule has 28 heavy (non-hydrogen) atoms. The summed E-state index contributed by atoms with van der Waals surface area (Å²) in [4.78, 5) is 26.4. The number of benzene rings is 1. The van der Waals surface area contributed by atoms with Crippen molar-refractivity contribution in [3.05, 3.63) is 18.2 Å². The number of hydrogen-bond donors (Lipinski definition) is 2. The number of piperidine rings is 1. The minimum Gasteiger partial charge on any atom is -0.450 e. The molecule has 1 atom stereocenters. The first-order valence-corrected chi connectivity index (χ1v) is 11.8. The summed E-state index contributed by atoms with van der Waals surface area (Å²) in [7, 11) is -3.73. The summed E-state index contributed by atoms with van der Waals surface area (Å²) in [5.74, 6) is 0.405. The van der Waals surface area contributed by atoms with Crippen LogP contribution in [0.25, 0.3) is 0 Å². The van der Waals surface area contributed by atoms with Crippen LogP contribution in [0.2, 0.25) is 0 Å². The van der Waals surface area contributed by atoms with Crippen molar-refractivity contribution < 1.29 is 22.7 Å². The van der Waals surface area contributed by atoms with Crippen molar-refractivity contribution in [3.8, 4) is 0 Å². The third-order valence-corrected chi connectivity index (χ3v) is 7.65. The van der Waals surface area contributed by atoms with Crippen molar-refractivity contribution in [1.29, 1.82) is 0 Å². The lowest BCUT2D eigenvalue weighted by Gasteiger charge is -2.31. The first-order valence-electron chi connectivity index (χ1n) is 9.32. The molecular weight excluding hydrogens is 402 g/mol. The molecule has 154 valence electrons. The molecule has 0 aromatic heterocycles. The Morgan fingerprint density at radius 2 is 2.07 bits per heavy atom. The Morgan fingerprint density at radius 3 is 2.75 bits per heavy atom. The quantitative estimate of drug-likeness (QED) is 0.764. The van der Waals surface area contributed by atoms with Gasteiger partial charge in [0.05, 0.1) is 17.2 Å². The number of nitrogens with zero attached hydrogens (tertiary/aromatic N) is 1. The minimum atomic E-state index is -3.73. The van der Waals surface area contributed by atoms with Gasteiger partial charge in [-0.1, -0.05) is 6.92 Å². The predicted octanol–water partition coefficient (Wildman–Crippen LogP) is 2.27. The molecule has 2 heterocycles. The van der Waals surface area contributed by atoms with Gasteiger partial charge in [-0.3, -0.25) is 4.79 Å². The Morgan fingerprint density at radius 1 is 1.36 bits per heavy atom. The van der Waals surface area contributed by atoms with Crippen molar-refractivity contribution in [2.24, 2.45) is 5.92 Å². The average molecular weight is 428 g/mol. The molecular formula is C18H25N3O5S2. The fraction of sp³-hybridized carbons (Fsp3) is 0.556. The van der Waals surface area contributed by atoms with Crippen LogP contribution in [-0.2, 0) is 19.6 Å². The molecule has 3 rings (SSSR count). The summed E-state index contributed by atoms with van der Waals surface area (Å²) < 4.78 is 33.3. The molecule has 8 nitrogen and oxygen atoms in total. The molecule has 0 spiro atoms. The van der Waals surface area contributed by atoms with Crippen LogP contribution in [0.4, 0.5) is 10.5 Å². The molecule has 10 heteroatoms. The molecule has 2 aliphatic rings. The predicted molar refractivity (Wildman–Crippen MR) is 107 cm³/mol. The summed E-state index contributed by atoms with van der Waals surface area (Å²) in [6.07, 6.45) is 0.678. The van der Waals surface area contributed by atoms with E-state index in [1.165, 1.54) is 17.8 Å². The zero-order valence-electron chi connectivity index (χ0n) is 15.9. The summed E-state index contributed by atoms with van der Waals surface area (Å²) in [6.45, 7) is 4.80. The maximum Gasteiger partial charge on any atom is 0.409 e. The largest absolute Gasteiger partial charge is 0.450 e. The Labute approximate surface area is 169 Å². The van der Waals surface area contributed by atoms with Crippen LogP contribution in [0.1, 0.15) is 26.7 Å². The number of hydrogen-bond acceptors (Lipinski definition) is 6. The van der Waals surface area contributed by atoms with Crippen molar-refractivity contribution in [2.75, 3.05) is 30.8 Å². The summed E-state index contributed by atoms with van der Waals surface area (Å²) >= 11 is 1.54. The van der Waals surface area contributed by atoms with Gasteiger partial charge in [-0.2, -0.15) is 0 Å². The molecule has 0 saturated carbocycles. The van der Waals surface area contributed by atoms with Gasteiger partial charge in [0.25, 0.3) is 0 Å². The Balaban J connectivity index is 1.67. The molecule has 0 bridgehead atoms. The molecule has 1 aromatic carbocycles. The normalized spacial score (nSPS) is 20.9. The van der Waals surface area contributed by atoms with Crippen molar-refractivity contribution in [2.45, 2.75) is 42.5 Å². The number of anilines is 1. The second-order valence-corrected chi connectivity index (χ2v) is 9.72. The highest BCUT2D eigenvalue weighted by atomic mass is 32.2. The molecule has 1 saturated heterocycles. The van der Waals surface area contributed by atoms with Gasteiger partial charge in [-0.05, 0) is 38.0 Å². The van der Waals surface area contributed by atoms with Gasteiger partial charge in [-0.15, -0.1) is 11.8 Å². The molecule has 2 N–H and O–H groups in total. The first-order chi connectivity index (χ1) is 13.3. The fourth-order valence-corrected chi connectivity index (χ4v) is 5.47. The summed E-state index contributed by atoms with van der Waals surface area (Å²) in [5.41, 5.74) is 0.527. The Hall–Kier alpha value is -1.78.